The van der Waals surface area contributed by atoms with Crippen LogP contribution in [0.15, 0.2) is 36.4 Å². The van der Waals surface area contributed by atoms with Crippen molar-refractivity contribution in [1.29, 1.82) is 0 Å². The number of benzene rings is 2. The summed E-state index contributed by atoms with van der Waals surface area (Å²) in [5, 5.41) is 2.92. The van der Waals surface area contributed by atoms with E-state index in [0.717, 1.165) is 16.8 Å². The Kier molecular flexibility index (Phi) is 4.96. The van der Waals surface area contributed by atoms with Crippen LogP contribution in [-0.4, -0.2) is 25.0 Å². The molecule has 5 nitrogen and oxygen atoms in total. The quantitative estimate of drug-likeness (QED) is 0.880. The fourth-order valence-corrected chi connectivity index (χ4v) is 3.13. The minimum absolute atomic E-state index is 0.0377. The Balaban J connectivity index is 1.88. The SMILES string of the molecule is CCN1C(=O)C(C)(C)COc2cc(NC(=O)c3ccc(C)c(C)c3)ccc21. The van der Waals surface area contributed by atoms with Crippen LogP contribution in [0.4, 0.5) is 11.4 Å². The molecule has 5 heteroatoms. The summed E-state index contributed by atoms with van der Waals surface area (Å²) < 4.78 is 5.92. The summed E-state index contributed by atoms with van der Waals surface area (Å²) in [6.07, 6.45) is 0. The van der Waals surface area contributed by atoms with E-state index in [9.17, 15) is 9.59 Å². The predicted molar refractivity (Wildman–Crippen MR) is 108 cm³/mol. The van der Waals surface area contributed by atoms with Crippen molar-refractivity contribution in [3.05, 3.63) is 53.1 Å². The maximum Gasteiger partial charge on any atom is 0.255 e. The van der Waals surface area contributed by atoms with Crippen LogP contribution in [0.2, 0.25) is 0 Å². The zero-order valence-electron chi connectivity index (χ0n) is 16.6. The minimum atomic E-state index is -0.599. The van der Waals surface area contributed by atoms with Crippen LogP contribution >= 0.6 is 0 Å². The van der Waals surface area contributed by atoms with Crippen LogP contribution in [0.3, 0.4) is 0 Å². The van der Waals surface area contributed by atoms with E-state index in [4.69, 9.17) is 4.74 Å². The summed E-state index contributed by atoms with van der Waals surface area (Å²) in [4.78, 5) is 27.1. The highest BCUT2D eigenvalue weighted by Crippen LogP contribution is 2.38. The van der Waals surface area contributed by atoms with Crippen molar-refractivity contribution in [3.63, 3.8) is 0 Å². The first kappa shape index (κ1) is 19.0. The van der Waals surface area contributed by atoms with Gasteiger partial charge in [-0.3, -0.25) is 9.59 Å². The third-order valence-electron chi connectivity index (χ3n) is 5.01. The van der Waals surface area contributed by atoms with E-state index in [1.165, 1.54) is 0 Å². The van der Waals surface area contributed by atoms with Crippen molar-refractivity contribution in [2.24, 2.45) is 5.41 Å². The zero-order valence-corrected chi connectivity index (χ0v) is 16.6. The highest BCUT2D eigenvalue weighted by molar-refractivity contribution is 6.05. The van der Waals surface area contributed by atoms with Crippen LogP contribution in [0.1, 0.15) is 42.3 Å². The molecule has 2 amide bonds. The van der Waals surface area contributed by atoms with Gasteiger partial charge in [-0.2, -0.15) is 0 Å². The molecular weight excluding hydrogens is 340 g/mol. The van der Waals surface area contributed by atoms with Gasteiger partial charge in [-0.25, -0.2) is 0 Å². The fraction of sp³-hybridized carbons (Fsp3) is 0.364. The Morgan fingerprint density at radius 2 is 1.89 bits per heavy atom. The summed E-state index contributed by atoms with van der Waals surface area (Å²) in [7, 11) is 0. The first-order valence-electron chi connectivity index (χ1n) is 9.20. The van der Waals surface area contributed by atoms with Crippen LogP contribution in [0, 0.1) is 19.3 Å². The van der Waals surface area contributed by atoms with Crippen molar-refractivity contribution in [1.82, 2.24) is 0 Å². The van der Waals surface area contributed by atoms with Crippen molar-refractivity contribution in [2.45, 2.75) is 34.6 Å². The second-order valence-corrected chi connectivity index (χ2v) is 7.66. The molecule has 0 unspecified atom stereocenters. The molecule has 0 bridgehead atoms. The van der Waals surface area contributed by atoms with E-state index in [0.29, 0.717) is 30.2 Å². The molecule has 2 aromatic carbocycles. The molecule has 0 spiro atoms. The Labute approximate surface area is 160 Å². The summed E-state index contributed by atoms with van der Waals surface area (Å²) in [6, 6.07) is 11.1. The molecule has 3 rings (SSSR count). The number of fused-ring (bicyclic) bond motifs is 1. The molecule has 0 saturated carbocycles. The Morgan fingerprint density at radius 1 is 1.15 bits per heavy atom. The smallest absolute Gasteiger partial charge is 0.255 e. The number of aryl methyl sites for hydroxylation is 2. The second-order valence-electron chi connectivity index (χ2n) is 7.66. The van der Waals surface area contributed by atoms with Gasteiger partial charge >= 0.3 is 0 Å². The number of nitrogens with one attached hydrogen (secondary N) is 1. The van der Waals surface area contributed by atoms with E-state index >= 15 is 0 Å². The number of hydrogen-bond donors (Lipinski definition) is 1. The molecule has 0 aliphatic carbocycles. The Morgan fingerprint density at radius 3 is 2.56 bits per heavy atom. The van der Waals surface area contributed by atoms with Crippen LogP contribution in [0.5, 0.6) is 5.75 Å². The topological polar surface area (TPSA) is 58.6 Å². The van der Waals surface area contributed by atoms with Gasteiger partial charge in [0.2, 0.25) is 5.91 Å². The highest BCUT2D eigenvalue weighted by Gasteiger charge is 2.37. The molecule has 1 N–H and O–H groups in total. The molecule has 0 radical (unpaired) electrons. The first-order valence-corrected chi connectivity index (χ1v) is 9.20. The predicted octanol–water partition coefficient (Wildman–Crippen LogP) is 4.33. The van der Waals surface area contributed by atoms with Crippen LogP contribution in [0.25, 0.3) is 0 Å². The van der Waals surface area contributed by atoms with E-state index in [1.807, 2.05) is 58.9 Å². The molecular formula is C22H26N2O3. The van der Waals surface area contributed by atoms with Crippen molar-refractivity contribution >= 4 is 23.2 Å². The largest absolute Gasteiger partial charge is 0.490 e. The number of rotatable bonds is 3. The monoisotopic (exact) mass is 366 g/mol. The second kappa shape index (κ2) is 7.06. The van der Waals surface area contributed by atoms with E-state index in [2.05, 4.69) is 5.32 Å². The molecule has 1 heterocycles. The van der Waals surface area contributed by atoms with Gasteiger partial charge in [0.05, 0.1) is 11.1 Å². The minimum Gasteiger partial charge on any atom is -0.490 e. The Hall–Kier alpha value is -2.82. The molecule has 0 fully saturated rings. The number of nitrogens with zero attached hydrogens (tertiary/aromatic N) is 1. The number of carbonyl (C=O) groups excluding carboxylic acids is 2. The van der Waals surface area contributed by atoms with Crippen molar-refractivity contribution < 1.29 is 14.3 Å². The standard InChI is InChI=1S/C22H26N2O3/c1-6-24-18-10-9-17(12-19(18)27-13-22(4,5)21(24)26)23-20(25)16-8-7-14(2)15(3)11-16/h7-12H,6,13H2,1-5H3,(H,23,25). The fourth-order valence-electron chi connectivity index (χ4n) is 3.13. The highest BCUT2D eigenvalue weighted by atomic mass is 16.5. The molecule has 0 aromatic heterocycles. The van der Waals surface area contributed by atoms with Gasteiger partial charge in [-0.15, -0.1) is 0 Å². The number of ether oxygens (including phenoxy) is 1. The lowest BCUT2D eigenvalue weighted by atomic mass is 9.93. The molecule has 2 aromatic rings. The van der Waals surface area contributed by atoms with E-state index in [-0.39, 0.29) is 11.8 Å². The van der Waals surface area contributed by atoms with Crippen LogP contribution < -0.4 is 15.0 Å². The zero-order chi connectivity index (χ0) is 19.8. The molecule has 27 heavy (non-hydrogen) atoms. The molecule has 142 valence electrons. The van der Waals surface area contributed by atoms with Gasteiger partial charge in [0.1, 0.15) is 12.4 Å². The molecule has 0 saturated heterocycles. The maximum absolute atomic E-state index is 12.7. The van der Waals surface area contributed by atoms with E-state index in [1.54, 1.807) is 17.0 Å². The van der Waals surface area contributed by atoms with Gasteiger partial charge in [-0.05, 0) is 70.0 Å². The first-order chi connectivity index (χ1) is 12.7. The third kappa shape index (κ3) is 3.68. The lowest BCUT2D eigenvalue weighted by Gasteiger charge is -2.26. The van der Waals surface area contributed by atoms with Crippen molar-refractivity contribution in [3.8, 4) is 5.75 Å². The lowest BCUT2D eigenvalue weighted by molar-refractivity contribution is -0.127. The number of anilines is 2. The van der Waals surface area contributed by atoms with Crippen LogP contribution in [-0.2, 0) is 4.79 Å². The summed E-state index contributed by atoms with van der Waals surface area (Å²) in [5.41, 5.74) is 3.61. The third-order valence-corrected chi connectivity index (χ3v) is 5.01. The average Bonchev–Trinajstić information content (AvgIpc) is 2.72. The Bertz CT molecular complexity index is 902. The average molecular weight is 366 g/mol. The number of carbonyl (C=O) groups is 2. The van der Waals surface area contributed by atoms with Gasteiger partial charge in [0.15, 0.2) is 0 Å². The molecule has 1 aliphatic rings. The van der Waals surface area contributed by atoms with Gasteiger partial charge in [-0.1, -0.05) is 6.07 Å². The van der Waals surface area contributed by atoms with Gasteiger partial charge in [0, 0.05) is 23.9 Å². The normalized spacial score (nSPS) is 15.6. The maximum atomic E-state index is 12.7. The molecule has 1 aliphatic heterocycles. The summed E-state index contributed by atoms with van der Waals surface area (Å²) in [6.45, 7) is 10.6. The van der Waals surface area contributed by atoms with E-state index < -0.39 is 5.41 Å². The summed E-state index contributed by atoms with van der Waals surface area (Å²) in [5.74, 6) is 0.472. The van der Waals surface area contributed by atoms with Crippen molar-refractivity contribution in [2.75, 3.05) is 23.4 Å². The van der Waals surface area contributed by atoms with Gasteiger partial charge < -0.3 is 15.0 Å². The number of amides is 2. The molecule has 0 atom stereocenters. The van der Waals surface area contributed by atoms with Gasteiger partial charge in [0.25, 0.3) is 5.91 Å². The number of hydrogen-bond acceptors (Lipinski definition) is 3. The summed E-state index contributed by atoms with van der Waals surface area (Å²) >= 11 is 0. The lowest BCUT2D eigenvalue weighted by Crippen LogP contribution is -2.42.